The molecule has 0 heterocycles. The van der Waals surface area contributed by atoms with Gasteiger partial charge in [0.25, 0.3) is 0 Å². The van der Waals surface area contributed by atoms with E-state index in [9.17, 15) is 9.59 Å². The predicted octanol–water partition coefficient (Wildman–Crippen LogP) is 5.33. The summed E-state index contributed by atoms with van der Waals surface area (Å²) in [5.41, 5.74) is 2.00. The smallest absolute Gasteiger partial charge is 0.302 e. The second kappa shape index (κ2) is 6.46. The molecule has 0 aromatic rings. The minimum atomic E-state index is -0.151. The van der Waals surface area contributed by atoms with Crippen LogP contribution in [0.4, 0.5) is 0 Å². The molecule has 150 valence electrons. The van der Waals surface area contributed by atoms with Crippen molar-refractivity contribution in [2.24, 2.45) is 40.4 Å². The van der Waals surface area contributed by atoms with Crippen LogP contribution in [0.25, 0.3) is 0 Å². The van der Waals surface area contributed by atoms with Gasteiger partial charge in [-0.15, -0.1) is 0 Å². The van der Waals surface area contributed by atoms with Crippen LogP contribution in [0.15, 0.2) is 11.6 Å². The number of hydrogen-bond donors (Lipinski definition) is 0. The van der Waals surface area contributed by atoms with E-state index in [4.69, 9.17) is 4.74 Å². The van der Waals surface area contributed by atoms with Crippen LogP contribution in [0.2, 0.25) is 0 Å². The highest BCUT2D eigenvalue weighted by atomic mass is 16.5. The maximum Gasteiger partial charge on any atom is 0.302 e. The zero-order chi connectivity index (χ0) is 19.6. The molecular weight excluding hydrogens is 336 g/mol. The fraction of sp³-hybridized carbons (Fsp3) is 0.833. The van der Waals surface area contributed by atoms with Gasteiger partial charge in [-0.25, -0.2) is 0 Å². The third-order valence-electron chi connectivity index (χ3n) is 9.17. The van der Waals surface area contributed by atoms with Crippen molar-refractivity contribution in [3.63, 3.8) is 0 Å². The molecule has 27 heavy (non-hydrogen) atoms. The summed E-state index contributed by atoms with van der Waals surface area (Å²) in [6.45, 7) is 10.5. The Morgan fingerprint density at radius 2 is 1.85 bits per heavy atom. The van der Waals surface area contributed by atoms with E-state index in [0.717, 1.165) is 37.5 Å². The molecular formula is C24H36O3. The van der Waals surface area contributed by atoms with Gasteiger partial charge >= 0.3 is 5.97 Å². The summed E-state index contributed by atoms with van der Waals surface area (Å²) in [6.07, 6.45) is 10.4. The van der Waals surface area contributed by atoms with Gasteiger partial charge < -0.3 is 4.74 Å². The maximum absolute atomic E-state index is 12.4. The Hall–Kier alpha value is -1.12. The summed E-state index contributed by atoms with van der Waals surface area (Å²) in [4.78, 5) is 23.8. The molecule has 0 bridgehead atoms. The first-order chi connectivity index (χ1) is 12.7. The summed E-state index contributed by atoms with van der Waals surface area (Å²) < 4.78 is 5.54. The SMILES string of the molecule is CC(=O)O[C@H]1CC[C@@]2(C)C(=CCC3C4CC(C)C(C(C)=O)[C@@]4(C)CCC32)C1. The molecule has 5 unspecified atom stereocenters. The molecule has 0 aromatic carbocycles. The highest BCUT2D eigenvalue weighted by Gasteiger charge is 2.61. The van der Waals surface area contributed by atoms with Crippen LogP contribution < -0.4 is 0 Å². The topological polar surface area (TPSA) is 43.4 Å². The first-order valence-electron chi connectivity index (χ1n) is 11.0. The summed E-state index contributed by atoms with van der Waals surface area (Å²) in [6, 6.07) is 0. The van der Waals surface area contributed by atoms with Gasteiger partial charge in [-0.05, 0) is 80.0 Å². The van der Waals surface area contributed by atoms with Crippen molar-refractivity contribution in [2.45, 2.75) is 85.7 Å². The molecule has 0 spiro atoms. The first-order valence-corrected chi connectivity index (χ1v) is 11.0. The Balaban J connectivity index is 1.61. The number of ketones is 1. The number of fused-ring (bicyclic) bond motifs is 5. The highest BCUT2D eigenvalue weighted by molar-refractivity contribution is 5.80. The van der Waals surface area contributed by atoms with Crippen LogP contribution in [-0.4, -0.2) is 17.9 Å². The van der Waals surface area contributed by atoms with E-state index in [-0.39, 0.29) is 28.8 Å². The zero-order valence-corrected chi connectivity index (χ0v) is 17.7. The van der Waals surface area contributed by atoms with E-state index in [2.05, 4.69) is 26.8 Å². The summed E-state index contributed by atoms with van der Waals surface area (Å²) in [7, 11) is 0. The molecule has 4 rings (SSSR count). The number of carbonyl (C=O) groups is 2. The van der Waals surface area contributed by atoms with Crippen LogP contribution in [0.3, 0.4) is 0 Å². The van der Waals surface area contributed by atoms with Crippen molar-refractivity contribution in [3.8, 4) is 0 Å². The summed E-state index contributed by atoms with van der Waals surface area (Å²) in [5, 5.41) is 0. The van der Waals surface area contributed by atoms with Crippen LogP contribution in [0.5, 0.6) is 0 Å². The predicted molar refractivity (Wildman–Crippen MR) is 106 cm³/mol. The van der Waals surface area contributed by atoms with Crippen LogP contribution in [-0.2, 0) is 14.3 Å². The standard InChI is InChI=1S/C24H36O3/c1-14-12-21-19-7-6-17-13-18(27-16(3)26)8-10-23(17,4)20(19)9-11-24(21,5)22(14)15(2)25/h6,14,18-22H,7-13H2,1-5H3/t14?,18-,19?,20?,21?,22?,23-,24-/m0/s1. The number of allylic oxidation sites excluding steroid dienone is 1. The molecule has 3 heteroatoms. The molecule has 0 radical (unpaired) electrons. The number of rotatable bonds is 2. The Kier molecular flexibility index (Phi) is 4.59. The second-order valence-electron chi connectivity index (χ2n) is 10.6. The molecule has 8 atom stereocenters. The van der Waals surface area contributed by atoms with Crippen LogP contribution in [0, 0.1) is 40.4 Å². The minimum absolute atomic E-state index is 0.0702. The number of hydrogen-bond acceptors (Lipinski definition) is 3. The van der Waals surface area contributed by atoms with Crippen molar-refractivity contribution in [1.82, 2.24) is 0 Å². The van der Waals surface area contributed by atoms with E-state index in [1.165, 1.54) is 26.2 Å². The van der Waals surface area contributed by atoms with E-state index >= 15 is 0 Å². The molecule has 0 amide bonds. The Morgan fingerprint density at radius 1 is 1.11 bits per heavy atom. The van der Waals surface area contributed by atoms with Gasteiger partial charge in [-0.2, -0.15) is 0 Å². The third-order valence-corrected chi connectivity index (χ3v) is 9.17. The molecule has 3 nitrogen and oxygen atoms in total. The second-order valence-corrected chi connectivity index (χ2v) is 10.6. The number of carbonyl (C=O) groups excluding carboxylic acids is 2. The Morgan fingerprint density at radius 3 is 2.52 bits per heavy atom. The summed E-state index contributed by atoms with van der Waals surface area (Å²) in [5.74, 6) is 3.16. The average molecular weight is 373 g/mol. The van der Waals surface area contributed by atoms with Crippen molar-refractivity contribution in [1.29, 1.82) is 0 Å². The zero-order valence-electron chi connectivity index (χ0n) is 17.7. The van der Waals surface area contributed by atoms with E-state index in [0.29, 0.717) is 17.6 Å². The normalized spacial score (nSPS) is 48.7. The van der Waals surface area contributed by atoms with Crippen molar-refractivity contribution in [2.75, 3.05) is 0 Å². The lowest BCUT2D eigenvalue weighted by molar-refractivity contribution is -0.149. The molecule has 4 aliphatic rings. The number of esters is 1. The lowest BCUT2D eigenvalue weighted by Crippen LogP contribution is -2.51. The van der Waals surface area contributed by atoms with Crippen molar-refractivity contribution >= 4 is 11.8 Å². The first kappa shape index (κ1) is 19.2. The largest absolute Gasteiger partial charge is 0.462 e. The maximum atomic E-state index is 12.4. The number of ether oxygens (including phenoxy) is 1. The average Bonchev–Trinajstić information content (AvgIpc) is 2.85. The molecule has 0 aliphatic heterocycles. The van der Waals surface area contributed by atoms with Gasteiger partial charge in [-0.1, -0.05) is 32.4 Å². The fourth-order valence-corrected chi connectivity index (χ4v) is 8.19. The van der Waals surface area contributed by atoms with Gasteiger partial charge in [0.05, 0.1) is 0 Å². The monoisotopic (exact) mass is 372 g/mol. The molecule has 3 saturated carbocycles. The van der Waals surface area contributed by atoms with Crippen molar-refractivity contribution in [3.05, 3.63) is 11.6 Å². The third kappa shape index (κ3) is 2.83. The van der Waals surface area contributed by atoms with Crippen LogP contribution >= 0.6 is 0 Å². The van der Waals surface area contributed by atoms with Gasteiger partial charge in [0, 0.05) is 19.3 Å². The molecule has 0 saturated heterocycles. The molecule has 0 aromatic heterocycles. The van der Waals surface area contributed by atoms with Crippen molar-refractivity contribution < 1.29 is 14.3 Å². The number of Topliss-reactive ketones (excluding diaryl/α,β-unsaturated/α-hetero) is 1. The fourth-order valence-electron chi connectivity index (χ4n) is 8.19. The Labute approximate surface area is 164 Å². The highest BCUT2D eigenvalue weighted by Crippen LogP contribution is 2.67. The molecule has 4 aliphatic carbocycles. The molecule has 0 N–H and O–H groups in total. The van der Waals surface area contributed by atoms with Gasteiger partial charge in [0.15, 0.2) is 0 Å². The van der Waals surface area contributed by atoms with E-state index in [1.807, 2.05) is 6.92 Å². The minimum Gasteiger partial charge on any atom is -0.462 e. The Bertz CT molecular complexity index is 679. The lowest BCUT2D eigenvalue weighted by atomic mass is 9.47. The van der Waals surface area contributed by atoms with E-state index < -0.39 is 0 Å². The van der Waals surface area contributed by atoms with Gasteiger partial charge in [0.2, 0.25) is 0 Å². The molecule has 3 fully saturated rings. The lowest BCUT2D eigenvalue weighted by Gasteiger charge is -2.58. The summed E-state index contributed by atoms with van der Waals surface area (Å²) >= 11 is 0. The quantitative estimate of drug-likeness (QED) is 0.486. The van der Waals surface area contributed by atoms with Gasteiger partial charge in [0.1, 0.15) is 11.9 Å². The van der Waals surface area contributed by atoms with E-state index in [1.54, 1.807) is 5.57 Å². The van der Waals surface area contributed by atoms with Gasteiger partial charge in [-0.3, -0.25) is 9.59 Å². The van der Waals surface area contributed by atoms with Crippen LogP contribution in [0.1, 0.15) is 79.6 Å².